The number of nitrogens with zero attached hydrogens (tertiary/aromatic N) is 6. The highest BCUT2D eigenvalue weighted by molar-refractivity contribution is 5.92. The summed E-state index contributed by atoms with van der Waals surface area (Å²) in [6.07, 6.45) is 6.17. The molecule has 1 aliphatic rings. The van der Waals surface area contributed by atoms with Crippen LogP contribution in [-0.2, 0) is 7.05 Å². The van der Waals surface area contributed by atoms with Gasteiger partial charge >= 0.3 is 6.03 Å². The first-order chi connectivity index (χ1) is 12.7. The molecule has 0 saturated carbocycles. The van der Waals surface area contributed by atoms with E-state index < -0.39 is 0 Å². The predicted molar refractivity (Wildman–Crippen MR) is 100 cm³/mol. The lowest BCUT2D eigenvalue weighted by Crippen LogP contribution is -2.38. The fourth-order valence-corrected chi connectivity index (χ4v) is 3.22. The van der Waals surface area contributed by atoms with Crippen molar-refractivity contribution in [3.8, 4) is 0 Å². The third kappa shape index (κ3) is 3.30. The second kappa shape index (κ2) is 6.99. The van der Waals surface area contributed by atoms with Gasteiger partial charge in [0.2, 0.25) is 5.95 Å². The Labute approximate surface area is 151 Å². The van der Waals surface area contributed by atoms with Crippen LogP contribution in [0.15, 0.2) is 42.9 Å². The number of benzene rings is 1. The van der Waals surface area contributed by atoms with Crippen LogP contribution >= 0.6 is 0 Å². The van der Waals surface area contributed by atoms with Gasteiger partial charge in [-0.05, 0) is 30.7 Å². The number of aromatic nitrogens is 4. The first-order valence-electron chi connectivity index (χ1n) is 8.70. The average Bonchev–Trinajstić information content (AvgIpc) is 2.88. The molecule has 0 aliphatic carbocycles. The summed E-state index contributed by atoms with van der Waals surface area (Å²) in [5, 5.41) is 8.24. The summed E-state index contributed by atoms with van der Waals surface area (Å²) in [6.45, 7) is 2.91. The van der Waals surface area contributed by atoms with Gasteiger partial charge in [0.25, 0.3) is 0 Å². The third-order valence-corrected chi connectivity index (χ3v) is 4.62. The van der Waals surface area contributed by atoms with Crippen molar-refractivity contribution in [2.24, 2.45) is 7.05 Å². The van der Waals surface area contributed by atoms with E-state index in [9.17, 15) is 4.79 Å². The van der Waals surface area contributed by atoms with Gasteiger partial charge in [0.05, 0.1) is 11.7 Å². The van der Waals surface area contributed by atoms with Crippen molar-refractivity contribution in [3.63, 3.8) is 0 Å². The minimum atomic E-state index is -0.0796. The highest BCUT2D eigenvalue weighted by atomic mass is 16.2. The van der Waals surface area contributed by atoms with Crippen LogP contribution in [0.2, 0.25) is 0 Å². The summed E-state index contributed by atoms with van der Waals surface area (Å²) >= 11 is 0. The summed E-state index contributed by atoms with van der Waals surface area (Å²) in [5.41, 5.74) is 1.82. The Kier molecular flexibility index (Phi) is 4.39. The molecule has 3 aromatic rings. The van der Waals surface area contributed by atoms with Gasteiger partial charge in [0.1, 0.15) is 0 Å². The molecule has 1 saturated heterocycles. The molecule has 8 nitrogen and oxygen atoms in total. The molecule has 3 heterocycles. The SMILES string of the molecule is Cn1ncc2cc(NC(=O)N3CCCN(c4ncccn4)CC3)ccc21. The molecule has 2 aromatic heterocycles. The minimum Gasteiger partial charge on any atom is -0.339 e. The number of urea groups is 1. The van der Waals surface area contributed by atoms with Gasteiger partial charge in [0, 0.05) is 56.7 Å². The van der Waals surface area contributed by atoms with Crippen molar-refractivity contribution < 1.29 is 4.79 Å². The minimum absolute atomic E-state index is 0.0796. The molecule has 1 fully saturated rings. The van der Waals surface area contributed by atoms with Crippen molar-refractivity contribution in [3.05, 3.63) is 42.9 Å². The molecule has 26 heavy (non-hydrogen) atoms. The maximum atomic E-state index is 12.6. The maximum absolute atomic E-state index is 12.6. The highest BCUT2D eigenvalue weighted by Gasteiger charge is 2.20. The normalized spacial score (nSPS) is 15.1. The highest BCUT2D eigenvalue weighted by Crippen LogP contribution is 2.19. The summed E-state index contributed by atoms with van der Waals surface area (Å²) in [5.74, 6) is 0.719. The quantitative estimate of drug-likeness (QED) is 0.765. The van der Waals surface area contributed by atoms with E-state index in [2.05, 4.69) is 25.3 Å². The van der Waals surface area contributed by atoms with Crippen LogP contribution in [0.5, 0.6) is 0 Å². The van der Waals surface area contributed by atoms with Crippen molar-refractivity contribution in [2.75, 3.05) is 36.4 Å². The van der Waals surface area contributed by atoms with Crippen LogP contribution in [0, 0.1) is 0 Å². The number of hydrogen-bond donors (Lipinski definition) is 1. The van der Waals surface area contributed by atoms with Crippen LogP contribution < -0.4 is 10.2 Å². The number of fused-ring (bicyclic) bond motifs is 1. The van der Waals surface area contributed by atoms with E-state index in [0.717, 1.165) is 42.0 Å². The fraction of sp³-hybridized carbons (Fsp3) is 0.333. The Balaban J connectivity index is 1.41. The fourth-order valence-electron chi connectivity index (χ4n) is 3.22. The lowest BCUT2D eigenvalue weighted by molar-refractivity contribution is 0.215. The Hall–Kier alpha value is -3.16. The van der Waals surface area contributed by atoms with Crippen molar-refractivity contribution in [1.29, 1.82) is 0 Å². The van der Waals surface area contributed by atoms with Gasteiger partial charge in [-0.1, -0.05) is 0 Å². The van der Waals surface area contributed by atoms with E-state index in [1.165, 1.54) is 0 Å². The maximum Gasteiger partial charge on any atom is 0.321 e. The number of hydrogen-bond acceptors (Lipinski definition) is 5. The molecule has 0 unspecified atom stereocenters. The molecule has 1 aromatic carbocycles. The summed E-state index contributed by atoms with van der Waals surface area (Å²) < 4.78 is 1.82. The molecule has 0 bridgehead atoms. The van der Waals surface area contributed by atoms with Gasteiger partial charge < -0.3 is 15.1 Å². The molecule has 134 valence electrons. The molecule has 1 aliphatic heterocycles. The van der Waals surface area contributed by atoms with Crippen LogP contribution in [0.1, 0.15) is 6.42 Å². The Morgan fingerprint density at radius 1 is 1.12 bits per heavy atom. The van der Waals surface area contributed by atoms with Gasteiger partial charge in [-0.2, -0.15) is 5.10 Å². The molecule has 0 radical (unpaired) electrons. The topological polar surface area (TPSA) is 79.2 Å². The van der Waals surface area contributed by atoms with Gasteiger partial charge in [0.15, 0.2) is 0 Å². The predicted octanol–water partition coefficient (Wildman–Crippen LogP) is 2.11. The zero-order chi connectivity index (χ0) is 17.9. The van der Waals surface area contributed by atoms with Crippen molar-refractivity contribution in [1.82, 2.24) is 24.6 Å². The lowest BCUT2D eigenvalue weighted by atomic mass is 10.2. The second-order valence-corrected chi connectivity index (χ2v) is 6.35. The number of anilines is 2. The van der Waals surface area contributed by atoms with E-state index in [1.807, 2.05) is 34.8 Å². The van der Waals surface area contributed by atoms with Gasteiger partial charge in [-0.15, -0.1) is 0 Å². The monoisotopic (exact) mass is 351 g/mol. The largest absolute Gasteiger partial charge is 0.339 e. The van der Waals surface area contributed by atoms with E-state index in [-0.39, 0.29) is 6.03 Å². The number of rotatable bonds is 2. The first kappa shape index (κ1) is 16.3. The molecular weight excluding hydrogens is 330 g/mol. The third-order valence-electron chi connectivity index (χ3n) is 4.62. The Morgan fingerprint density at radius 2 is 1.96 bits per heavy atom. The first-order valence-corrected chi connectivity index (χ1v) is 8.70. The lowest BCUT2D eigenvalue weighted by Gasteiger charge is -2.22. The zero-order valence-electron chi connectivity index (χ0n) is 14.7. The number of aryl methyl sites for hydroxylation is 1. The molecule has 0 spiro atoms. The van der Waals surface area contributed by atoms with E-state index >= 15 is 0 Å². The standard InChI is InChI=1S/C18H21N7O/c1-23-16-5-4-15(12-14(16)13-21-23)22-18(26)25-9-3-8-24(10-11-25)17-19-6-2-7-20-17/h2,4-7,12-13H,3,8-11H2,1H3,(H,22,26). The summed E-state index contributed by atoms with van der Waals surface area (Å²) in [7, 11) is 1.90. The summed E-state index contributed by atoms with van der Waals surface area (Å²) in [4.78, 5) is 25.2. The van der Waals surface area contributed by atoms with E-state index in [4.69, 9.17) is 0 Å². The van der Waals surface area contributed by atoms with Crippen LogP contribution in [0.3, 0.4) is 0 Å². The number of carbonyl (C=O) groups excluding carboxylic acids is 1. The smallest absolute Gasteiger partial charge is 0.321 e. The number of carbonyl (C=O) groups is 1. The Morgan fingerprint density at radius 3 is 2.81 bits per heavy atom. The Bertz CT molecular complexity index is 908. The molecule has 2 amide bonds. The van der Waals surface area contributed by atoms with Gasteiger partial charge in [-0.25, -0.2) is 14.8 Å². The van der Waals surface area contributed by atoms with Gasteiger partial charge in [-0.3, -0.25) is 4.68 Å². The molecular formula is C18H21N7O. The molecule has 8 heteroatoms. The number of amides is 2. The summed E-state index contributed by atoms with van der Waals surface area (Å²) in [6, 6.07) is 7.55. The van der Waals surface area contributed by atoms with Crippen LogP contribution in [-0.4, -0.2) is 56.9 Å². The second-order valence-electron chi connectivity index (χ2n) is 6.35. The molecule has 0 atom stereocenters. The van der Waals surface area contributed by atoms with Crippen molar-refractivity contribution >= 4 is 28.6 Å². The zero-order valence-corrected chi connectivity index (χ0v) is 14.7. The molecule has 4 rings (SSSR count). The van der Waals surface area contributed by atoms with Crippen LogP contribution in [0.4, 0.5) is 16.4 Å². The molecule has 1 N–H and O–H groups in total. The van der Waals surface area contributed by atoms with Crippen molar-refractivity contribution in [2.45, 2.75) is 6.42 Å². The van der Waals surface area contributed by atoms with E-state index in [0.29, 0.717) is 13.1 Å². The van der Waals surface area contributed by atoms with E-state index in [1.54, 1.807) is 24.7 Å². The van der Waals surface area contributed by atoms with Crippen LogP contribution in [0.25, 0.3) is 10.9 Å². The average molecular weight is 351 g/mol. The number of nitrogens with one attached hydrogen (secondary N) is 1.